The number of para-hydroxylation sites is 1. The van der Waals surface area contributed by atoms with Crippen LogP contribution < -0.4 is 0 Å². The van der Waals surface area contributed by atoms with E-state index in [9.17, 15) is 0 Å². The normalized spacial score (nSPS) is 11.8. The smallest absolute Gasteiger partial charge is 0.164 e. The first-order chi connectivity index (χ1) is 15.6. The summed E-state index contributed by atoms with van der Waals surface area (Å²) < 4.78 is 6.02. The summed E-state index contributed by atoms with van der Waals surface area (Å²) in [5.74, 6) is 2.59. The highest BCUT2D eigenvalue weighted by Crippen LogP contribution is 2.35. The number of aromatic nitrogens is 3. The topological polar surface area (TPSA) is 51.8 Å². The van der Waals surface area contributed by atoms with Gasteiger partial charge in [0.25, 0.3) is 0 Å². The van der Waals surface area contributed by atoms with Crippen LogP contribution >= 0.6 is 11.6 Å². The fourth-order valence-electron chi connectivity index (χ4n) is 3.86. The number of hydrogen-bond donors (Lipinski definition) is 0. The van der Waals surface area contributed by atoms with Crippen molar-refractivity contribution < 1.29 is 4.42 Å². The second-order valence-electron chi connectivity index (χ2n) is 7.41. The zero-order valence-electron chi connectivity index (χ0n) is 17.7. The summed E-state index contributed by atoms with van der Waals surface area (Å²) in [5.41, 5.74) is 4.48. The molecule has 0 aliphatic carbocycles. The van der Waals surface area contributed by atoms with Crippen LogP contribution in [0.15, 0.2) is 89.4 Å². The molecule has 5 aromatic rings. The molecule has 5 heteroatoms. The third kappa shape index (κ3) is 3.70. The van der Waals surface area contributed by atoms with Crippen molar-refractivity contribution in [2.45, 2.75) is 13.8 Å². The van der Waals surface area contributed by atoms with Crippen LogP contribution in [0.5, 0.6) is 0 Å². The molecule has 2 aromatic heterocycles. The molecule has 0 N–H and O–H groups in total. The molecule has 5 rings (SSSR count). The molecule has 0 radical (unpaired) electrons. The number of aryl methyl sites for hydroxylation is 1. The van der Waals surface area contributed by atoms with Crippen LogP contribution in [0.2, 0.25) is 5.02 Å². The molecular weight excluding hydrogens is 418 g/mol. The van der Waals surface area contributed by atoms with E-state index < -0.39 is 0 Å². The van der Waals surface area contributed by atoms with E-state index in [1.54, 1.807) is 0 Å². The molecule has 0 saturated carbocycles. The summed E-state index contributed by atoms with van der Waals surface area (Å²) in [6.45, 7) is 3.96. The number of hydrogen-bond acceptors (Lipinski definition) is 4. The minimum absolute atomic E-state index is 0.571. The molecule has 0 aliphatic rings. The summed E-state index contributed by atoms with van der Waals surface area (Å²) in [6, 6.07) is 25.5. The lowest BCUT2D eigenvalue weighted by molar-refractivity contribution is 0.577. The Morgan fingerprint density at radius 2 is 1.50 bits per heavy atom. The van der Waals surface area contributed by atoms with Crippen molar-refractivity contribution in [3.63, 3.8) is 0 Å². The standard InChI is InChI=1S/C27H20ClN3O/c1-3-21(24-17(2)32-23-15-8-7-14-22(23)24)27-30-25(18-10-5-4-6-11-18)29-26(31-27)19-12-9-13-20(28)16-19/h3-16H,1-2H3/b21-3+. The molecule has 0 bridgehead atoms. The fourth-order valence-corrected chi connectivity index (χ4v) is 4.05. The highest BCUT2D eigenvalue weighted by Gasteiger charge is 2.20. The van der Waals surface area contributed by atoms with Gasteiger partial charge >= 0.3 is 0 Å². The van der Waals surface area contributed by atoms with Crippen LogP contribution in [0.25, 0.3) is 39.3 Å². The summed E-state index contributed by atoms with van der Waals surface area (Å²) in [7, 11) is 0. The van der Waals surface area contributed by atoms with Gasteiger partial charge in [0.2, 0.25) is 0 Å². The van der Waals surface area contributed by atoms with Gasteiger partial charge in [-0.3, -0.25) is 0 Å². The van der Waals surface area contributed by atoms with E-state index in [0.717, 1.165) is 39.0 Å². The van der Waals surface area contributed by atoms with Gasteiger partial charge in [0.05, 0.1) is 0 Å². The fraction of sp³-hybridized carbons (Fsp3) is 0.0741. The van der Waals surface area contributed by atoms with Gasteiger partial charge in [-0.2, -0.15) is 0 Å². The zero-order valence-corrected chi connectivity index (χ0v) is 18.5. The number of nitrogens with zero attached hydrogens (tertiary/aromatic N) is 3. The van der Waals surface area contributed by atoms with Crippen LogP contribution in [-0.2, 0) is 0 Å². The van der Waals surface area contributed by atoms with Crippen molar-refractivity contribution >= 4 is 28.1 Å². The van der Waals surface area contributed by atoms with Crippen LogP contribution in [0, 0.1) is 6.92 Å². The second-order valence-corrected chi connectivity index (χ2v) is 7.85. The number of halogens is 1. The monoisotopic (exact) mass is 437 g/mol. The lowest BCUT2D eigenvalue weighted by Crippen LogP contribution is -2.04. The first kappa shape index (κ1) is 20.2. The van der Waals surface area contributed by atoms with Crippen LogP contribution in [0.1, 0.15) is 24.1 Å². The molecule has 0 saturated heterocycles. The number of rotatable bonds is 4. The maximum atomic E-state index is 6.25. The maximum Gasteiger partial charge on any atom is 0.164 e. The number of furan rings is 1. The van der Waals surface area contributed by atoms with E-state index in [1.807, 2.05) is 92.7 Å². The number of benzene rings is 3. The molecule has 0 atom stereocenters. The SMILES string of the molecule is C/C=C(/c1nc(-c2ccccc2)nc(-c2cccc(Cl)c2)n1)c1c(C)oc2ccccc12. The molecule has 0 aliphatic heterocycles. The Morgan fingerprint density at radius 1 is 0.812 bits per heavy atom. The molecule has 0 amide bonds. The third-order valence-corrected chi connectivity index (χ3v) is 5.56. The summed E-state index contributed by atoms with van der Waals surface area (Å²) in [5, 5.41) is 1.66. The Kier molecular flexibility index (Phi) is 5.29. The van der Waals surface area contributed by atoms with Crippen molar-refractivity contribution in [1.29, 1.82) is 0 Å². The molecule has 2 heterocycles. The quantitative estimate of drug-likeness (QED) is 0.294. The average molecular weight is 438 g/mol. The van der Waals surface area contributed by atoms with E-state index in [-0.39, 0.29) is 0 Å². The first-order valence-electron chi connectivity index (χ1n) is 10.4. The first-order valence-corrected chi connectivity index (χ1v) is 10.7. The van der Waals surface area contributed by atoms with Gasteiger partial charge in [-0.1, -0.05) is 78.3 Å². The van der Waals surface area contributed by atoms with Crippen molar-refractivity contribution in [2.75, 3.05) is 0 Å². The van der Waals surface area contributed by atoms with Crippen molar-refractivity contribution in [3.05, 3.63) is 107 Å². The minimum atomic E-state index is 0.571. The Balaban J connectivity index is 1.75. The van der Waals surface area contributed by atoms with Gasteiger partial charge in [-0.15, -0.1) is 0 Å². The Hall–Kier alpha value is -3.76. The molecule has 0 fully saturated rings. The van der Waals surface area contributed by atoms with E-state index in [4.69, 9.17) is 31.0 Å². The Labute approximate surface area is 191 Å². The second kappa shape index (κ2) is 8.40. The minimum Gasteiger partial charge on any atom is -0.461 e. The van der Waals surface area contributed by atoms with Crippen molar-refractivity contribution in [3.8, 4) is 22.8 Å². The van der Waals surface area contributed by atoms with Crippen molar-refractivity contribution in [2.24, 2.45) is 0 Å². The van der Waals surface area contributed by atoms with Gasteiger partial charge in [0.1, 0.15) is 11.3 Å². The highest BCUT2D eigenvalue weighted by atomic mass is 35.5. The van der Waals surface area contributed by atoms with E-state index in [1.165, 1.54) is 0 Å². The van der Waals surface area contributed by atoms with Gasteiger partial charge in [0, 0.05) is 32.7 Å². The zero-order chi connectivity index (χ0) is 22.1. The average Bonchev–Trinajstić information content (AvgIpc) is 3.16. The lowest BCUT2D eigenvalue weighted by atomic mass is 10.0. The largest absolute Gasteiger partial charge is 0.461 e. The van der Waals surface area contributed by atoms with Crippen molar-refractivity contribution in [1.82, 2.24) is 15.0 Å². The maximum absolute atomic E-state index is 6.25. The summed E-state index contributed by atoms with van der Waals surface area (Å²) in [4.78, 5) is 14.5. The van der Waals surface area contributed by atoms with Crippen LogP contribution in [-0.4, -0.2) is 15.0 Å². The highest BCUT2D eigenvalue weighted by molar-refractivity contribution is 6.30. The number of allylic oxidation sites excluding steroid dienone is 1. The van der Waals surface area contributed by atoms with Crippen LogP contribution in [0.3, 0.4) is 0 Å². The predicted molar refractivity (Wildman–Crippen MR) is 129 cm³/mol. The predicted octanol–water partition coefficient (Wildman–Crippen LogP) is 7.37. The molecule has 32 heavy (non-hydrogen) atoms. The molecule has 3 aromatic carbocycles. The van der Waals surface area contributed by atoms with Gasteiger partial charge in [-0.25, -0.2) is 15.0 Å². The number of fused-ring (bicyclic) bond motifs is 1. The van der Waals surface area contributed by atoms with E-state index in [2.05, 4.69) is 6.07 Å². The Bertz CT molecular complexity index is 1450. The lowest BCUT2D eigenvalue weighted by Gasteiger charge is -2.11. The van der Waals surface area contributed by atoms with Gasteiger partial charge in [-0.05, 0) is 32.0 Å². The van der Waals surface area contributed by atoms with Crippen LogP contribution in [0.4, 0.5) is 0 Å². The molecule has 4 nitrogen and oxygen atoms in total. The summed E-state index contributed by atoms with van der Waals surface area (Å²) >= 11 is 6.25. The van der Waals surface area contributed by atoms with Gasteiger partial charge in [0.15, 0.2) is 17.5 Å². The van der Waals surface area contributed by atoms with E-state index in [0.29, 0.717) is 22.5 Å². The molecule has 156 valence electrons. The van der Waals surface area contributed by atoms with Gasteiger partial charge < -0.3 is 4.42 Å². The summed E-state index contributed by atoms with van der Waals surface area (Å²) in [6.07, 6.45) is 2.02. The molecular formula is C27H20ClN3O. The molecule has 0 unspecified atom stereocenters. The van der Waals surface area contributed by atoms with E-state index >= 15 is 0 Å². The Morgan fingerprint density at radius 3 is 2.25 bits per heavy atom. The third-order valence-electron chi connectivity index (χ3n) is 5.32. The molecule has 0 spiro atoms.